The van der Waals surface area contributed by atoms with E-state index in [1.165, 1.54) is 5.56 Å². The van der Waals surface area contributed by atoms with Crippen LogP contribution in [0.3, 0.4) is 0 Å². The Labute approximate surface area is 289 Å². The maximum absolute atomic E-state index is 6.80. The van der Waals surface area contributed by atoms with Gasteiger partial charge in [-0.1, -0.05) is 115 Å². The predicted molar refractivity (Wildman–Crippen MR) is 203 cm³/mol. The molecule has 0 saturated heterocycles. The van der Waals surface area contributed by atoms with Gasteiger partial charge in [-0.05, 0) is 70.4 Å². The van der Waals surface area contributed by atoms with Gasteiger partial charge in [0.1, 0.15) is 11.4 Å². The Balaban J connectivity index is 1.15. The molecule has 7 aromatic carbocycles. The van der Waals surface area contributed by atoms with Gasteiger partial charge in [0.05, 0.1) is 17.3 Å². The molecule has 0 amide bonds. The Hall–Kier alpha value is -6.59. The van der Waals surface area contributed by atoms with Gasteiger partial charge in [0.25, 0.3) is 0 Å². The summed E-state index contributed by atoms with van der Waals surface area (Å²) in [6.07, 6.45) is 2.26. The minimum Gasteiger partial charge on any atom is -0.449 e. The van der Waals surface area contributed by atoms with Crippen LogP contribution in [0.25, 0.3) is 44.0 Å². The van der Waals surface area contributed by atoms with Crippen LogP contribution in [0.5, 0.6) is 23.0 Å². The van der Waals surface area contributed by atoms with Gasteiger partial charge in [0.15, 0.2) is 23.0 Å². The van der Waals surface area contributed by atoms with Crippen molar-refractivity contribution < 1.29 is 9.47 Å². The van der Waals surface area contributed by atoms with Crippen molar-refractivity contribution in [3.63, 3.8) is 0 Å². The van der Waals surface area contributed by atoms with E-state index in [2.05, 4.69) is 156 Å². The van der Waals surface area contributed by atoms with Crippen LogP contribution in [0.2, 0.25) is 0 Å². The van der Waals surface area contributed by atoms with Gasteiger partial charge < -0.3 is 18.9 Å². The summed E-state index contributed by atoms with van der Waals surface area (Å²) in [4.78, 5) is 7.57. The third kappa shape index (κ3) is 4.51. The molecule has 0 N–H and O–H groups in total. The van der Waals surface area contributed by atoms with E-state index in [1.807, 2.05) is 24.3 Å². The number of nitrogens with zero attached hydrogens (tertiary/aromatic N) is 3. The second kappa shape index (κ2) is 11.2. The highest BCUT2D eigenvalue weighted by atomic mass is 16.6. The van der Waals surface area contributed by atoms with Crippen LogP contribution >= 0.6 is 0 Å². The molecule has 1 aromatic heterocycles. The van der Waals surface area contributed by atoms with Gasteiger partial charge in [-0.25, -0.2) is 4.99 Å². The largest absolute Gasteiger partial charge is 0.449 e. The van der Waals surface area contributed by atoms with Gasteiger partial charge >= 0.3 is 0 Å². The highest BCUT2D eigenvalue weighted by molar-refractivity contribution is 6.12. The fraction of sp³-hybridized carbons (Fsp3) is 0.0444. The third-order valence-corrected chi connectivity index (χ3v) is 9.86. The molecule has 5 nitrogen and oxygen atoms in total. The zero-order valence-electron chi connectivity index (χ0n) is 27.3. The Morgan fingerprint density at radius 1 is 0.560 bits per heavy atom. The van der Waals surface area contributed by atoms with Gasteiger partial charge in [-0.3, -0.25) is 0 Å². The molecule has 1 unspecified atom stereocenters. The average molecular weight is 646 g/mol. The smallest absolute Gasteiger partial charge is 0.194 e. The topological polar surface area (TPSA) is 39.0 Å². The number of hydrogen-bond acceptors (Lipinski definition) is 4. The number of hydrogen-bond donors (Lipinski definition) is 0. The monoisotopic (exact) mass is 645 g/mol. The van der Waals surface area contributed by atoms with Crippen molar-refractivity contribution in [1.29, 1.82) is 0 Å². The predicted octanol–water partition coefficient (Wildman–Crippen LogP) is 11.3. The molecule has 3 heterocycles. The second-order valence-corrected chi connectivity index (χ2v) is 12.9. The molecule has 2 aliphatic rings. The number of likely N-dealkylation sites (N-methyl/N-ethyl adjacent to an activating group) is 1. The number of aromatic nitrogens is 1. The Kier molecular flexibility index (Phi) is 6.39. The molecule has 0 fully saturated rings. The molecule has 50 heavy (non-hydrogen) atoms. The summed E-state index contributed by atoms with van der Waals surface area (Å²) in [6, 6.07) is 54.8. The third-order valence-electron chi connectivity index (χ3n) is 9.86. The van der Waals surface area contributed by atoms with Gasteiger partial charge in [0.2, 0.25) is 0 Å². The SMILES string of the molecule is CN1C(c2cccc(-n3c4ccccc4c4ccc5c(c43)Oc3cc4ccccc4cc3O5)c2)=NC(c2ccccc2)=CC1c1ccccc1. The maximum atomic E-state index is 6.80. The minimum atomic E-state index is 0.0181. The molecule has 10 rings (SSSR count). The summed E-state index contributed by atoms with van der Waals surface area (Å²) in [5.41, 5.74) is 7.36. The fourth-order valence-electron chi connectivity index (χ4n) is 7.46. The van der Waals surface area contributed by atoms with Crippen LogP contribution in [-0.4, -0.2) is 22.4 Å². The Bertz CT molecular complexity index is 2670. The van der Waals surface area contributed by atoms with E-state index >= 15 is 0 Å². The van der Waals surface area contributed by atoms with E-state index in [4.69, 9.17) is 14.5 Å². The molecular weight excluding hydrogens is 615 g/mol. The number of amidine groups is 1. The lowest BCUT2D eigenvalue weighted by Gasteiger charge is -2.33. The normalized spacial score (nSPS) is 15.2. The Morgan fingerprint density at radius 3 is 2.04 bits per heavy atom. The van der Waals surface area contributed by atoms with Crippen LogP contribution in [-0.2, 0) is 0 Å². The number of fused-ring (bicyclic) bond motifs is 7. The Morgan fingerprint density at radius 2 is 1.24 bits per heavy atom. The summed E-state index contributed by atoms with van der Waals surface area (Å²) in [6.45, 7) is 0. The van der Waals surface area contributed by atoms with Crippen molar-refractivity contribution in [2.45, 2.75) is 6.04 Å². The molecule has 1 atom stereocenters. The molecule has 0 saturated carbocycles. The minimum absolute atomic E-state index is 0.0181. The van der Waals surface area contributed by atoms with Crippen molar-refractivity contribution in [2.75, 3.05) is 7.05 Å². The van der Waals surface area contributed by atoms with Crippen LogP contribution in [0.15, 0.2) is 169 Å². The fourth-order valence-corrected chi connectivity index (χ4v) is 7.46. The van der Waals surface area contributed by atoms with Crippen molar-refractivity contribution >= 4 is 44.1 Å². The number of para-hydroxylation sites is 1. The summed E-state index contributed by atoms with van der Waals surface area (Å²) in [5, 5.41) is 4.46. The molecular formula is C45H31N3O2. The summed E-state index contributed by atoms with van der Waals surface area (Å²) in [5.74, 6) is 3.73. The first-order chi connectivity index (χ1) is 24.7. The lowest BCUT2D eigenvalue weighted by Crippen LogP contribution is -2.33. The lowest BCUT2D eigenvalue weighted by atomic mass is 9.99. The first kappa shape index (κ1) is 28.4. The lowest BCUT2D eigenvalue weighted by molar-refractivity contribution is 0.363. The maximum Gasteiger partial charge on any atom is 0.194 e. The van der Waals surface area contributed by atoms with Crippen molar-refractivity contribution in [2.24, 2.45) is 4.99 Å². The van der Waals surface area contributed by atoms with Gasteiger partial charge in [0, 0.05) is 29.1 Å². The zero-order chi connectivity index (χ0) is 33.2. The van der Waals surface area contributed by atoms with Crippen LogP contribution in [0.4, 0.5) is 0 Å². The molecule has 2 aliphatic heterocycles. The number of aliphatic imine (C=N–C) groups is 1. The van der Waals surface area contributed by atoms with Gasteiger partial charge in [-0.2, -0.15) is 0 Å². The van der Waals surface area contributed by atoms with Gasteiger partial charge in [-0.15, -0.1) is 0 Å². The molecule has 0 radical (unpaired) electrons. The summed E-state index contributed by atoms with van der Waals surface area (Å²) in [7, 11) is 2.13. The summed E-state index contributed by atoms with van der Waals surface area (Å²) < 4.78 is 15.6. The van der Waals surface area contributed by atoms with E-state index < -0.39 is 0 Å². The quantitative estimate of drug-likeness (QED) is 0.191. The van der Waals surface area contributed by atoms with E-state index in [9.17, 15) is 0 Å². The van der Waals surface area contributed by atoms with Crippen LogP contribution in [0, 0.1) is 0 Å². The van der Waals surface area contributed by atoms with Crippen LogP contribution in [0.1, 0.15) is 22.7 Å². The van der Waals surface area contributed by atoms with Crippen molar-refractivity contribution in [3.8, 4) is 28.7 Å². The first-order valence-electron chi connectivity index (χ1n) is 16.9. The van der Waals surface area contributed by atoms with E-state index in [0.29, 0.717) is 23.0 Å². The molecule has 238 valence electrons. The van der Waals surface area contributed by atoms with Crippen molar-refractivity contribution in [1.82, 2.24) is 9.47 Å². The molecule has 0 spiro atoms. The first-order valence-corrected chi connectivity index (χ1v) is 16.9. The zero-order valence-corrected chi connectivity index (χ0v) is 27.3. The number of rotatable bonds is 4. The molecule has 5 heteroatoms. The van der Waals surface area contributed by atoms with E-state index in [-0.39, 0.29) is 6.04 Å². The van der Waals surface area contributed by atoms with Crippen LogP contribution < -0.4 is 9.47 Å². The van der Waals surface area contributed by atoms with Crippen molar-refractivity contribution in [3.05, 3.63) is 180 Å². The number of ether oxygens (including phenoxy) is 2. The number of benzene rings is 7. The highest BCUT2D eigenvalue weighted by Gasteiger charge is 2.28. The van der Waals surface area contributed by atoms with E-state index in [0.717, 1.165) is 60.9 Å². The summed E-state index contributed by atoms with van der Waals surface area (Å²) >= 11 is 0. The standard InChI is InChI=1S/C45H31N3O2/c1-47-39(30-15-6-3-7-16-30)28-37(29-13-4-2-5-14-29)46-45(47)33-19-12-20-34(25-33)48-38-22-11-10-21-35(38)36-23-24-40-44(43(36)48)50-42-27-32-18-9-8-17-31(32)26-41(42)49-40/h2-28,39H,1H3. The average Bonchev–Trinajstić information content (AvgIpc) is 3.52. The highest BCUT2D eigenvalue weighted by Crippen LogP contribution is 2.51. The second-order valence-electron chi connectivity index (χ2n) is 12.9. The van der Waals surface area contributed by atoms with E-state index in [1.54, 1.807) is 0 Å². The molecule has 0 aliphatic carbocycles. The molecule has 0 bridgehead atoms. The molecule has 8 aromatic rings.